The third kappa shape index (κ3) is 8.72. The lowest BCUT2D eigenvalue weighted by atomic mass is 9.95. The standard InChI is InChI=1S/C18H28N8O5/c1-5-20-13(25-19-4)8-9-18(3,16(29)30)24-17(31)23-12(15(27)28)6-7-14-22-11(2)10-21-26-14/h10,12H,4-9H2,1-3H3,(H,20,25)(H,27,28)(H,29,30)(H2,23,24,31). The minimum atomic E-state index is -1.67. The lowest BCUT2D eigenvalue weighted by Gasteiger charge is -2.27. The second kappa shape index (κ2) is 12.1. The molecule has 0 spiro atoms. The highest BCUT2D eigenvalue weighted by Crippen LogP contribution is 2.14. The van der Waals surface area contributed by atoms with E-state index in [9.17, 15) is 24.6 Å². The van der Waals surface area contributed by atoms with Crippen molar-refractivity contribution < 1.29 is 24.6 Å². The number of carboxylic acids is 2. The van der Waals surface area contributed by atoms with Gasteiger partial charge in [-0.05, 0) is 33.6 Å². The Bertz CT molecular complexity index is 831. The average Bonchev–Trinajstić information content (AvgIpc) is 2.69. The van der Waals surface area contributed by atoms with Crippen LogP contribution in [-0.4, -0.2) is 74.0 Å². The summed E-state index contributed by atoms with van der Waals surface area (Å²) in [6.07, 6.45) is 1.79. The number of carboxylic acid groups (broad SMARTS) is 2. The van der Waals surface area contributed by atoms with E-state index in [1.807, 2.05) is 0 Å². The van der Waals surface area contributed by atoms with Crippen LogP contribution < -0.4 is 16.1 Å². The zero-order valence-corrected chi connectivity index (χ0v) is 17.8. The number of aromatic nitrogens is 3. The second-order valence-corrected chi connectivity index (χ2v) is 6.87. The average molecular weight is 436 g/mol. The number of urea groups is 1. The lowest BCUT2D eigenvalue weighted by Crippen LogP contribution is -2.57. The van der Waals surface area contributed by atoms with E-state index in [4.69, 9.17) is 0 Å². The van der Waals surface area contributed by atoms with Crippen molar-refractivity contribution in [2.75, 3.05) is 6.54 Å². The van der Waals surface area contributed by atoms with Crippen LogP contribution in [0.3, 0.4) is 0 Å². The van der Waals surface area contributed by atoms with E-state index in [2.05, 4.69) is 48.1 Å². The molecular formula is C18H28N8O5. The molecule has 2 atom stereocenters. The first-order valence-electron chi connectivity index (χ1n) is 9.56. The number of aryl methyl sites for hydroxylation is 2. The van der Waals surface area contributed by atoms with Gasteiger partial charge in [0.2, 0.25) is 0 Å². The highest BCUT2D eigenvalue weighted by molar-refractivity contribution is 5.89. The fraction of sp³-hybridized carbons (Fsp3) is 0.556. The predicted octanol–water partition coefficient (Wildman–Crippen LogP) is 0.112. The molecule has 1 heterocycles. The summed E-state index contributed by atoms with van der Waals surface area (Å²) in [5.74, 6) is -1.79. The van der Waals surface area contributed by atoms with Crippen LogP contribution >= 0.6 is 0 Å². The number of aliphatic imine (C=N–C) groups is 1. The number of nitrogens with zero attached hydrogens (tertiary/aromatic N) is 5. The zero-order chi connectivity index (χ0) is 23.4. The molecule has 2 unspecified atom stereocenters. The Hall–Kier alpha value is -3.64. The third-order valence-corrected chi connectivity index (χ3v) is 4.26. The molecule has 0 saturated carbocycles. The highest BCUT2D eigenvalue weighted by atomic mass is 16.4. The molecule has 0 fully saturated rings. The van der Waals surface area contributed by atoms with Gasteiger partial charge in [-0.1, -0.05) is 0 Å². The van der Waals surface area contributed by atoms with Gasteiger partial charge in [-0.15, -0.1) is 5.10 Å². The van der Waals surface area contributed by atoms with Gasteiger partial charge in [0.15, 0.2) is 5.82 Å². The van der Waals surface area contributed by atoms with E-state index < -0.39 is 29.6 Å². The molecule has 1 aromatic rings. The maximum atomic E-state index is 12.4. The maximum Gasteiger partial charge on any atom is 0.329 e. The van der Waals surface area contributed by atoms with Crippen LogP contribution in [0, 0.1) is 6.92 Å². The van der Waals surface area contributed by atoms with Crippen LogP contribution in [-0.2, 0) is 16.0 Å². The Morgan fingerprint density at radius 2 is 2.03 bits per heavy atom. The van der Waals surface area contributed by atoms with E-state index in [1.165, 1.54) is 13.1 Å². The van der Waals surface area contributed by atoms with Crippen molar-refractivity contribution in [2.45, 2.75) is 58.0 Å². The largest absolute Gasteiger partial charge is 0.480 e. The number of amidine groups is 1. The summed E-state index contributed by atoms with van der Waals surface area (Å²) >= 11 is 0. The Balaban J connectivity index is 2.77. The smallest absolute Gasteiger partial charge is 0.329 e. The van der Waals surface area contributed by atoms with Crippen LogP contribution in [0.2, 0.25) is 0 Å². The Morgan fingerprint density at radius 1 is 1.32 bits per heavy atom. The lowest BCUT2D eigenvalue weighted by molar-refractivity contribution is -0.143. The SMILES string of the molecule is C=NNC(CCC(C)(NC(=O)NC(CCc1nncc(C)n1)C(=O)O)C(=O)O)=NCC. The first-order chi connectivity index (χ1) is 14.6. The number of aliphatic carboxylic acids is 2. The molecule has 0 aliphatic rings. The number of carbonyl (C=O) groups is 3. The van der Waals surface area contributed by atoms with Crippen molar-refractivity contribution in [3.8, 4) is 0 Å². The van der Waals surface area contributed by atoms with E-state index in [-0.39, 0.29) is 25.7 Å². The molecule has 0 aromatic carbocycles. The fourth-order valence-corrected chi connectivity index (χ4v) is 2.56. The zero-order valence-electron chi connectivity index (χ0n) is 17.8. The maximum absolute atomic E-state index is 12.4. The van der Waals surface area contributed by atoms with Crippen LogP contribution in [0.15, 0.2) is 16.3 Å². The summed E-state index contributed by atoms with van der Waals surface area (Å²) in [7, 11) is 0. The van der Waals surface area contributed by atoms with Gasteiger partial charge in [0.25, 0.3) is 0 Å². The van der Waals surface area contributed by atoms with Gasteiger partial charge in [0.1, 0.15) is 17.4 Å². The molecular weight excluding hydrogens is 408 g/mol. The number of nitrogens with one attached hydrogen (secondary N) is 3. The molecule has 13 nitrogen and oxygen atoms in total. The molecule has 5 N–H and O–H groups in total. The van der Waals surface area contributed by atoms with Crippen molar-refractivity contribution in [2.24, 2.45) is 10.1 Å². The molecule has 13 heteroatoms. The van der Waals surface area contributed by atoms with Gasteiger partial charge in [0, 0.05) is 26.1 Å². The quantitative estimate of drug-likeness (QED) is 0.172. The molecule has 0 saturated heterocycles. The summed E-state index contributed by atoms with van der Waals surface area (Å²) in [5.41, 5.74) is 1.54. The number of amides is 2. The summed E-state index contributed by atoms with van der Waals surface area (Å²) in [5, 5.41) is 34.7. The highest BCUT2D eigenvalue weighted by Gasteiger charge is 2.36. The number of hydrazone groups is 1. The topological polar surface area (TPSA) is 191 Å². The van der Waals surface area contributed by atoms with E-state index in [1.54, 1.807) is 13.8 Å². The van der Waals surface area contributed by atoms with Crippen LogP contribution in [0.1, 0.15) is 44.6 Å². The summed E-state index contributed by atoms with van der Waals surface area (Å²) < 4.78 is 0. The molecule has 1 rings (SSSR count). The van der Waals surface area contributed by atoms with Crippen LogP contribution in [0.4, 0.5) is 4.79 Å². The molecule has 0 bridgehead atoms. The monoisotopic (exact) mass is 436 g/mol. The minimum absolute atomic E-state index is 0.0000968. The molecule has 0 radical (unpaired) electrons. The number of carbonyl (C=O) groups excluding carboxylic acids is 1. The van der Waals surface area contributed by atoms with Crippen LogP contribution in [0.25, 0.3) is 0 Å². The van der Waals surface area contributed by atoms with Crippen molar-refractivity contribution in [3.05, 3.63) is 17.7 Å². The van der Waals surface area contributed by atoms with Crippen molar-refractivity contribution in [1.82, 2.24) is 31.2 Å². The molecule has 0 aliphatic carbocycles. The van der Waals surface area contributed by atoms with E-state index >= 15 is 0 Å². The molecule has 2 amide bonds. The van der Waals surface area contributed by atoms with Crippen molar-refractivity contribution in [3.63, 3.8) is 0 Å². The first kappa shape index (κ1) is 25.4. The van der Waals surface area contributed by atoms with Crippen molar-refractivity contribution in [1.29, 1.82) is 0 Å². The van der Waals surface area contributed by atoms with E-state index in [0.29, 0.717) is 23.9 Å². The Kier molecular flexibility index (Phi) is 9.95. The second-order valence-electron chi connectivity index (χ2n) is 6.87. The van der Waals surface area contributed by atoms with Crippen molar-refractivity contribution >= 4 is 30.5 Å². The van der Waals surface area contributed by atoms with Gasteiger partial charge < -0.3 is 20.8 Å². The Labute approximate surface area is 179 Å². The molecule has 31 heavy (non-hydrogen) atoms. The Morgan fingerprint density at radius 3 is 2.58 bits per heavy atom. The van der Waals surface area contributed by atoms with Gasteiger partial charge in [-0.25, -0.2) is 19.4 Å². The van der Waals surface area contributed by atoms with Gasteiger partial charge in [0.05, 0.1) is 11.9 Å². The van der Waals surface area contributed by atoms with Gasteiger partial charge >= 0.3 is 18.0 Å². The normalized spacial score (nSPS) is 14.1. The summed E-state index contributed by atoms with van der Waals surface area (Å²) in [4.78, 5) is 43.9. The van der Waals surface area contributed by atoms with Gasteiger partial charge in [-0.3, -0.25) is 10.4 Å². The minimum Gasteiger partial charge on any atom is -0.480 e. The van der Waals surface area contributed by atoms with Crippen LogP contribution in [0.5, 0.6) is 0 Å². The molecule has 1 aromatic heterocycles. The summed E-state index contributed by atoms with van der Waals surface area (Å²) in [6.45, 7) is 8.60. The van der Waals surface area contributed by atoms with Gasteiger partial charge in [-0.2, -0.15) is 10.2 Å². The third-order valence-electron chi connectivity index (χ3n) is 4.26. The van der Waals surface area contributed by atoms with E-state index in [0.717, 1.165) is 0 Å². The number of hydrogen-bond donors (Lipinski definition) is 5. The molecule has 170 valence electrons. The predicted molar refractivity (Wildman–Crippen MR) is 112 cm³/mol. The molecule has 0 aliphatic heterocycles. The summed E-state index contributed by atoms with van der Waals surface area (Å²) in [6, 6.07) is -2.20. The number of rotatable bonds is 12. The first-order valence-corrected chi connectivity index (χ1v) is 9.56. The fourth-order valence-electron chi connectivity index (χ4n) is 2.56. The number of hydrogen-bond acceptors (Lipinski definition) is 8.